The van der Waals surface area contributed by atoms with E-state index in [1.54, 1.807) is 6.07 Å². The van der Waals surface area contributed by atoms with Gasteiger partial charge in [-0.25, -0.2) is 0 Å². The van der Waals surface area contributed by atoms with Crippen molar-refractivity contribution >= 4 is 5.91 Å². The fraction of sp³-hybridized carbons (Fsp3) is 0.412. The predicted molar refractivity (Wildman–Crippen MR) is 82.3 cm³/mol. The number of amides is 1. The van der Waals surface area contributed by atoms with Crippen molar-refractivity contribution in [3.8, 4) is 5.75 Å². The summed E-state index contributed by atoms with van der Waals surface area (Å²) >= 11 is 0. The first-order valence-electron chi connectivity index (χ1n) is 7.93. The molecule has 1 saturated carbocycles. The zero-order chi connectivity index (χ0) is 18.9. The third-order valence-corrected chi connectivity index (χ3v) is 3.92. The molecule has 1 aliphatic rings. The highest BCUT2D eigenvalue weighted by Crippen LogP contribution is 2.40. The molecule has 1 amide bonds. The molecule has 5 nitrogen and oxygen atoms in total. The third kappa shape index (κ3) is 3.97. The second-order valence-corrected chi connectivity index (χ2v) is 6.12. The number of nitrogens with zero attached hydrogens (tertiary/aromatic N) is 2. The molecule has 2 aromatic rings. The van der Waals surface area contributed by atoms with Crippen molar-refractivity contribution in [2.75, 3.05) is 7.05 Å². The Morgan fingerprint density at radius 1 is 1.38 bits per heavy atom. The van der Waals surface area contributed by atoms with E-state index in [0.29, 0.717) is 11.6 Å². The minimum absolute atomic E-state index is 0.0780. The van der Waals surface area contributed by atoms with Crippen molar-refractivity contribution in [1.29, 1.82) is 0 Å². The molecule has 0 spiro atoms. The summed E-state index contributed by atoms with van der Waals surface area (Å²) in [7, 11) is 1.44. The summed E-state index contributed by atoms with van der Waals surface area (Å²) in [6.45, 7) is 0.0780. The molecular formula is C17H16F4N2O3. The summed E-state index contributed by atoms with van der Waals surface area (Å²) < 4.78 is 60.4. The summed E-state index contributed by atoms with van der Waals surface area (Å²) in [6, 6.07) is 6.75. The Labute approximate surface area is 146 Å². The Morgan fingerprint density at radius 2 is 2.08 bits per heavy atom. The second kappa shape index (κ2) is 6.97. The van der Waals surface area contributed by atoms with Gasteiger partial charge in [0, 0.05) is 19.0 Å². The molecule has 1 aromatic heterocycles. The first kappa shape index (κ1) is 18.2. The molecule has 0 bridgehead atoms. The Kier molecular flexibility index (Phi) is 4.88. The van der Waals surface area contributed by atoms with Gasteiger partial charge in [0.1, 0.15) is 17.2 Å². The van der Waals surface area contributed by atoms with Crippen LogP contribution in [-0.2, 0) is 6.54 Å². The molecule has 140 valence electrons. The highest BCUT2D eigenvalue weighted by atomic mass is 19.3. The highest BCUT2D eigenvalue weighted by Gasteiger charge is 2.44. The van der Waals surface area contributed by atoms with Gasteiger partial charge in [-0.05, 0) is 25.0 Å². The zero-order valence-corrected chi connectivity index (χ0v) is 13.8. The van der Waals surface area contributed by atoms with Crippen LogP contribution < -0.4 is 4.74 Å². The topological polar surface area (TPSA) is 55.6 Å². The molecule has 0 saturated heterocycles. The highest BCUT2D eigenvalue weighted by molar-refractivity contribution is 5.96. The molecule has 0 N–H and O–H groups in total. The van der Waals surface area contributed by atoms with Crippen molar-refractivity contribution in [2.24, 2.45) is 0 Å². The largest absolute Gasteiger partial charge is 0.461 e. The van der Waals surface area contributed by atoms with Crippen molar-refractivity contribution in [3.05, 3.63) is 47.3 Å². The molecule has 1 fully saturated rings. The molecule has 0 radical (unpaired) electrons. The van der Waals surface area contributed by atoms with Gasteiger partial charge in [-0.15, -0.1) is 0 Å². The van der Waals surface area contributed by atoms with E-state index in [-0.39, 0.29) is 12.1 Å². The molecule has 0 atom stereocenters. The first-order valence-corrected chi connectivity index (χ1v) is 7.93. The van der Waals surface area contributed by atoms with Crippen LogP contribution in [0, 0.1) is 0 Å². The SMILES string of the molecule is CN(Cc1cc(C2CC2)on1)C(=O)c1ccccc1OC(F)(F)C(F)F. The third-order valence-electron chi connectivity index (χ3n) is 3.92. The van der Waals surface area contributed by atoms with E-state index in [1.807, 2.05) is 0 Å². The molecule has 1 aromatic carbocycles. The maximum atomic E-state index is 13.2. The monoisotopic (exact) mass is 372 g/mol. The van der Waals surface area contributed by atoms with Crippen molar-refractivity contribution in [3.63, 3.8) is 0 Å². The van der Waals surface area contributed by atoms with Gasteiger partial charge in [0.25, 0.3) is 5.91 Å². The number of ether oxygens (including phenoxy) is 1. The number of alkyl halides is 4. The van der Waals surface area contributed by atoms with E-state index in [2.05, 4.69) is 9.89 Å². The Morgan fingerprint density at radius 3 is 2.73 bits per heavy atom. The average molecular weight is 372 g/mol. The van der Waals surface area contributed by atoms with Crippen LogP contribution in [0.2, 0.25) is 0 Å². The van der Waals surface area contributed by atoms with Crippen LogP contribution in [0.15, 0.2) is 34.9 Å². The van der Waals surface area contributed by atoms with Gasteiger partial charge in [-0.1, -0.05) is 17.3 Å². The van der Waals surface area contributed by atoms with Crippen LogP contribution in [0.25, 0.3) is 0 Å². The molecule has 0 aliphatic heterocycles. The molecule has 3 rings (SSSR count). The van der Waals surface area contributed by atoms with Gasteiger partial charge in [0.2, 0.25) is 0 Å². The molecule has 0 unspecified atom stereocenters. The summed E-state index contributed by atoms with van der Waals surface area (Å²) in [5.41, 5.74) is 0.264. The van der Waals surface area contributed by atoms with Crippen LogP contribution in [0.5, 0.6) is 5.75 Å². The minimum Gasteiger partial charge on any atom is -0.427 e. The summed E-state index contributed by atoms with van der Waals surface area (Å²) in [6.07, 6.45) is -6.64. The molecule has 1 heterocycles. The van der Waals surface area contributed by atoms with Gasteiger partial charge < -0.3 is 14.2 Å². The maximum absolute atomic E-state index is 13.2. The number of carbonyl (C=O) groups excluding carboxylic acids is 1. The fourth-order valence-corrected chi connectivity index (χ4v) is 2.41. The first-order chi connectivity index (χ1) is 12.3. The lowest BCUT2D eigenvalue weighted by Crippen LogP contribution is -2.35. The minimum atomic E-state index is -4.69. The standard InChI is InChI=1S/C17H16F4N2O3/c1-23(9-11-8-14(26-22-11)10-6-7-10)15(24)12-4-2-3-5-13(12)25-17(20,21)16(18)19/h2-5,8,10,16H,6-7,9H2,1H3. The Balaban J connectivity index is 1.73. The number of carbonyl (C=O) groups is 1. The smallest absolute Gasteiger partial charge is 0.427 e. The van der Waals surface area contributed by atoms with Crippen LogP contribution in [0.3, 0.4) is 0 Å². The van der Waals surface area contributed by atoms with Crippen LogP contribution in [-0.4, -0.2) is 35.5 Å². The number of para-hydroxylation sites is 1. The number of aromatic nitrogens is 1. The zero-order valence-electron chi connectivity index (χ0n) is 13.8. The van der Waals surface area contributed by atoms with Crippen molar-refractivity contribution < 1.29 is 31.6 Å². The quantitative estimate of drug-likeness (QED) is 0.688. The molecular weight excluding hydrogens is 356 g/mol. The normalized spacial score (nSPS) is 14.5. The second-order valence-electron chi connectivity index (χ2n) is 6.12. The van der Waals surface area contributed by atoms with E-state index in [4.69, 9.17) is 4.52 Å². The number of halogens is 4. The molecule has 1 aliphatic carbocycles. The van der Waals surface area contributed by atoms with Gasteiger partial charge in [-0.3, -0.25) is 4.79 Å². The van der Waals surface area contributed by atoms with Crippen LogP contribution >= 0.6 is 0 Å². The van der Waals surface area contributed by atoms with E-state index in [0.717, 1.165) is 24.7 Å². The Hall–Kier alpha value is -2.58. The number of rotatable bonds is 7. The van der Waals surface area contributed by atoms with E-state index in [9.17, 15) is 22.4 Å². The van der Waals surface area contributed by atoms with Gasteiger partial charge >= 0.3 is 12.5 Å². The molecule has 26 heavy (non-hydrogen) atoms. The average Bonchev–Trinajstić information content (AvgIpc) is 3.34. The summed E-state index contributed by atoms with van der Waals surface area (Å²) in [4.78, 5) is 13.8. The molecule has 9 heteroatoms. The number of hydrogen-bond acceptors (Lipinski definition) is 4. The van der Waals surface area contributed by atoms with Crippen molar-refractivity contribution in [2.45, 2.75) is 37.8 Å². The van der Waals surface area contributed by atoms with Gasteiger partial charge in [-0.2, -0.15) is 17.6 Å². The predicted octanol–water partition coefficient (Wildman–Crippen LogP) is 4.06. The van der Waals surface area contributed by atoms with Crippen LogP contribution in [0.4, 0.5) is 17.6 Å². The number of hydrogen-bond donors (Lipinski definition) is 0. The Bertz CT molecular complexity index is 790. The lowest BCUT2D eigenvalue weighted by atomic mass is 10.1. The van der Waals surface area contributed by atoms with Crippen LogP contribution in [0.1, 0.15) is 40.6 Å². The number of benzene rings is 1. The lowest BCUT2D eigenvalue weighted by molar-refractivity contribution is -0.253. The van der Waals surface area contributed by atoms with Gasteiger partial charge in [0.05, 0.1) is 12.1 Å². The van der Waals surface area contributed by atoms with E-state index >= 15 is 0 Å². The maximum Gasteiger partial charge on any atom is 0.461 e. The van der Waals surface area contributed by atoms with E-state index < -0.39 is 24.2 Å². The summed E-state index contributed by atoms with van der Waals surface area (Å²) in [5.74, 6) is -0.167. The lowest BCUT2D eigenvalue weighted by Gasteiger charge is -2.21. The van der Waals surface area contributed by atoms with Crippen molar-refractivity contribution in [1.82, 2.24) is 10.1 Å². The summed E-state index contributed by atoms with van der Waals surface area (Å²) in [5, 5.41) is 3.88. The fourth-order valence-electron chi connectivity index (χ4n) is 2.41. The van der Waals surface area contributed by atoms with Gasteiger partial charge in [0.15, 0.2) is 0 Å². The van der Waals surface area contributed by atoms with E-state index in [1.165, 1.54) is 30.1 Å².